The molecule has 0 spiro atoms. The number of fused-ring (bicyclic) bond motifs is 3. The van der Waals surface area contributed by atoms with E-state index in [-0.39, 0.29) is 11.5 Å². The summed E-state index contributed by atoms with van der Waals surface area (Å²) in [5.41, 5.74) is 23.0. The van der Waals surface area contributed by atoms with Gasteiger partial charge in [-0.3, -0.25) is 0 Å². The summed E-state index contributed by atoms with van der Waals surface area (Å²) >= 11 is 0. The van der Waals surface area contributed by atoms with Crippen LogP contribution in [0.2, 0.25) is 0 Å². The Morgan fingerprint density at radius 2 is 0.775 bits per heavy atom. The van der Waals surface area contributed by atoms with Crippen LogP contribution in [0, 0.1) is 0 Å². The standard InChI is InChI=1S/C69H54N2/c1-69(2)67-26-16-15-25-64(67)65-46-44-62(48-68(65)69)71(59-39-31-54(32-40-59)51-21-11-5-12-22-51)60-41-33-56(34-42-60)63-45-43-61(47-66(63)55-23-13-6-14-24-55)70(57-35-27-52(28-36-57)49-17-7-3-8-18-49)58-37-29-53(30-38-58)50-19-9-4-10-20-50/h3-37,39-48,58H,38H2,1-2H3. The van der Waals surface area contributed by atoms with Gasteiger partial charge in [-0.2, -0.15) is 0 Å². The van der Waals surface area contributed by atoms with Crippen LogP contribution >= 0.6 is 0 Å². The molecule has 340 valence electrons. The van der Waals surface area contributed by atoms with Crippen molar-refractivity contribution in [2.45, 2.75) is 31.7 Å². The van der Waals surface area contributed by atoms with E-state index in [1.54, 1.807) is 0 Å². The minimum absolute atomic E-state index is 0.116. The van der Waals surface area contributed by atoms with Gasteiger partial charge in [0.2, 0.25) is 0 Å². The van der Waals surface area contributed by atoms with E-state index in [1.807, 2.05) is 0 Å². The summed E-state index contributed by atoms with van der Waals surface area (Å²) in [7, 11) is 0. The zero-order valence-corrected chi connectivity index (χ0v) is 40.2. The zero-order chi connectivity index (χ0) is 47.7. The van der Waals surface area contributed by atoms with Gasteiger partial charge in [-0.25, -0.2) is 0 Å². The second-order valence-corrected chi connectivity index (χ2v) is 19.3. The maximum atomic E-state index is 2.51. The van der Waals surface area contributed by atoms with Crippen molar-refractivity contribution >= 4 is 34.0 Å². The highest BCUT2D eigenvalue weighted by Gasteiger charge is 2.36. The average molecular weight is 911 g/mol. The highest BCUT2D eigenvalue weighted by Crippen LogP contribution is 2.51. The molecule has 1 unspecified atom stereocenters. The van der Waals surface area contributed by atoms with Gasteiger partial charge in [-0.1, -0.05) is 226 Å². The van der Waals surface area contributed by atoms with Crippen LogP contribution in [-0.4, -0.2) is 6.04 Å². The van der Waals surface area contributed by atoms with Crippen molar-refractivity contribution in [2.75, 3.05) is 9.80 Å². The van der Waals surface area contributed by atoms with Crippen LogP contribution in [-0.2, 0) is 5.41 Å². The Bertz CT molecular complexity index is 3540. The number of hydrogen-bond donors (Lipinski definition) is 0. The number of rotatable bonds is 11. The van der Waals surface area contributed by atoms with Crippen molar-refractivity contribution in [3.05, 3.63) is 290 Å². The first kappa shape index (κ1) is 43.6. The summed E-state index contributed by atoms with van der Waals surface area (Å²) in [4.78, 5) is 4.93. The molecule has 71 heavy (non-hydrogen) atoms. The Balaban J connectivity index is 0.937. The Morgan fingerprint density at radius 3 is 1.35 bits per heavy atom. The molecule has 0 radical (unpaired) electrons. The van der Waals surface area contributed by atoms with Crippen LogP contribution in [0.15, 0.2) is 273 Å². The monoisotopic (exact) mass is 910 g/mol. The summed E-state index contributed by atoms with van der Waals surface area (Å²) < 4.78 is 0. The maximum absolute atomic E-state index is 2.51. The lowest BCUT2D eigenvalue weighted by atomic mass is 9.82. The molecule has 0 saturated carbocycles. The minimum Gasteiger partial charge on any atom is -0.334 e. The molecule has 2 aliphatic carbocycles. The van der Waals surface area contributed by atoms with Crippen LogP contribution in [0.5, 0.6) is 0 Å². The second-order valence-electron chi connectivity index (χ2n) is 19.3. The summed E-state index contributed by atoms with van der Waals surface area (Å²) in [6.45, 7) is 4.71. The molecule has 0 saturated heterocycles. The van der Waals surface area contributed by atoms with Crippen molar-refractivity contribution in [1.29, 1.82) is 0 Å². The lowest BCUT2D eigenvalue weighted by Gasteiger charge is -2.34. The largest absolute Gasteiger partial charge is 0.334 e. The van der Waals surface area contributed by atoms with E-state index in [0.717, 1.165) is 40.4 Å². The molecule has 0 heterocycles. The Labute approximate surface area is 418 Å². The summed E-state index contributed by atoms with van der Waals surface area (Å²) in [5, 5.41) is 0. The first-order valence-electron chi connectivity index (χ1n) is 24.8. The fourth-order valence-electron chi connectivity index (χ4n) is 10.9. The molecule has 2 aliphatic rings. The van der Waals surface area contributed by atoms with Crippen molar-refractivity contribution < 1.29 is 0 Å². The molecule has 0 bridgehead atoms. The molecule has 2 heteroatoms. The van der Waals surface area contributed by atoms with Gasteiger partial charge >= 0.3 is 0 Å². The van der Waals surface area contributed by atoms with Crippen molar-refractivity contribution in [1.82, 2.24) is 0 Å². The van der Waals surface area contributed by atoms with Gasteiger partial charge in [-0.15, -0.1) is 0 Å². The minimum atomic E-state index is -0.120. The third-order valence-corrected chi connectivity index (χ3v) is 14.6. The van der Waals surface area contributed by atoms with Gasteiger partial charge in [0.05, 0.1) is 6.04 Å². The van der Waals surface area contributed by atoms with E-state index >= 15 is 0 Å². The van der Waals surface area contributed by atoms with Gasteiger partial charge < -0.3 is 9.80 Å². The molecule has 10 aromatic carbocycles. The lowest BCUT2D eigenvalue weighted by molar-refractivity contribution is 0.660. The van der Waals surface area contributed by atoms with Gasteiger partial charge in [0.15, 0.2) is 0 Å². The van der Waals surface area contributed by atoms with Gasteiger partial charge in [-0.05, 0) is 145 Å². The van der Waals surface area contributed by atoms with Crippen LogP contribution in [0.1, 0.15) is 37.0 Å². The molecule has 12 rings (SSSR count). The van der Waals surface area contributed by atoms with E-state index in [2.05, 4.69) is 297 Å². The average Bonchev–Trinajstić information content (AvgIpc) is 3.67. The first-order valence-corrected chi connectivity index (χ1v) is 24.8. The Morgan fingerprint density at radius 1 is 0.338 bits per heavy atom. The highest BCUT2D eigenvalue weighted by molar-refractivity contribution is 5.90. The first-order chi connectivity index (χ1) is 35.0. The summed E-state index contributed by atoms with van der Waals surface area (Å²) in [5.74, 6) is 0. The van der Waals surface area contributed by atoms with E-state index in [9.17, 15) is 0 Å². The molecule has 1 atom stereocenters. The fourth-order valence-corrected chi connectivity index (χ4v) is 10.9. The van der Waals surface area contributed by atoms with Crippen LogP contribution in [0.25, 0.3) is 61.2 Å². The quantitative estimate of drug-likeness (QED) is 0.128. The predicted molar refractivity (Wildman–Crippen MR) is 301 cm³/mol. The Kier molecular flexibility index (Phi) is 11.4. The molecule has 10 aromatic rings. The number of anilines is 5. The lowest BCUT2D eigenvalue weighted by Crippen LogP contribution is -2.30. The fraction of sp³-hybridized carbons (Fsp3) is 0.0725. The van der Waals surface area contributed by atoms with Crippen LogP contribution in [0.4, 0.5) is 28.4 Å². The van der Waals surface area contributed by atoms with Gasteiger partial charge in [0, 0.05) is 33.9 Å². The van der Waals surface area contributed by atoms with Crippen molar-refractivity contribution in [3.63, 3.8) is 0 Å². The van der Waals surface area contributed by atoms with Crippen LogP contribution in [0.3, 0.4) is 0 Å². The summed E-state index contributed by atoms with van der Waals surface area (Å²) in [6.07, 6.45) is 7.95. The molecule has 0 amide bonds. The SMILES string of the molecule is CC1(C)c2ccccc2-c2ccc(N(c3ccc(-c4ccccc4)cc3)c3ccc(-c4ccc(N(c5ccc(-c6ccccc6)cc5)C5C=CC(c6ccccc6)=CC5)cc4-c4ccccc4)cc3)cc21. The molecule has 0 aromatic heterocycles. The van der Waals surface area contributed by atoms with E-state index in [0.29, 0.717) is 0 Å². The van der Waals surface area contributed by atoms with Crippen molar-refractivity contribution in [2.24, 2.45) is 0 Å². The predicted octanol–water partition coefficient (Wildman–Crippen LogP) is 18.7. The number of hydrogen-bond acceptors (Lipinski definition) is 2. The van der Waals surface area contributed by atoms with E-state index < -0.39 is 0 Å². The number of benzene rings is 10. The number of allylic oxidation sites excluding steroid dienone is 2. The van der Waals surface area contributed by atoms with E-state index in [1.165, 1.54) is 72.3 Å². The molecular weight excluding hydrogens is 857 g/mol. The third-order valence-electron chi connectivity index (χ3n) is 14.6. The van der Waals surface area contributed by atoms with Gasteiger partial charge in [0.25, 0.3) is 0 Å². The maximum Gasteiger partial charge on any atom is 0.0560 e. The van der Waals surface area contributed by atoms with Gasteiger partial charge in [0.1, 0.15) is 0 Å². The molecule has 0 N–H and O–H groups in total. The molecule has 2 nitrogen and oxygen atoms in total. The summed E-state index contributed by atoms with van der Waals surface area (Å²) in [6, 6.07) is 93.2. The third kappa shape index (κ3) is 8.38. The molecule has 0 fully saturated rings. The Hall–Kier alpha value is -8.72. The molecule has 0 aliphatic heterocycles. The zero-order valence-electron chi connectivity index (χ0n) is 40.2. The second kappa shape index (κ2) is 18.6. The van der Waals surface area contributed by atoms with Crippen LogP contribution < -0.4 is 9.80 Å². The number of nitrogens with zero attached hydrogens (tertiary/aromatic N) is 2. The molecular formula is C69H54N2. The smallest absolute Gasteiger partial charge is 0.0560 e. The van der Waals surface area contributed by atoms with Crippen molar-refractivity contribution in [3.8, 4) is 55.6 Å². The van der Waals surface area contributed by atoms with E-state index in [4.69, 9.17) is 0 Å². The normalized spacial score (nSPS) is 14.3. The highest BCUT2D eigenvalue weighted by atomic mass is 15.2. The topological polar surface area (TPSA) is 6.48 Å².